The highest BCUT2D eigenvalue weighted by atomic mass is 16.3. The minimum atomic E-state index is -0.0392. The topological polar surface area (TPSA) is 65.4 Å². The molecular weight excluding hydrogens is 144 g/mol. The van der Waals surface area contributed by atoms with Crippen molar-refractivity contribution < 1.29 is 9.90 Å². The summed E-state index contributed by atoms with van der Waals surface area (Å²) in [6.07, 6.45) is 0.518. The molecule has 4 heteroatoms. The van der Waals surface area contributed by atoms with Gasteiger partial charge < -0.3 is 9.90 Å². The lowest BCUT2D eigenvalue weighted by atomic mass is 10.2. The largest absolute Gasteiger partial charge is 0.505 e. The third-order valence-electron chi connectivity index (χ3n) is 1.28. The molecule has 0 saturated carbocycles. The maximum absolute atomic E-state index is 10.4. The number of nitrogens with zero attached hydrogens (tertiary/aromatic N) is 2. The van der Waals surface area contributed by atoms with Crippen molar-refractivity contribution >= 4 is 5.78 Å². The lowest BCUT2D eigenvalue weighted by Gasteiger charge is -1.91. The third kappa shape index (κ3) is 4.09. The van der Waals surface area contributed by atoms with Gasteiger partial charge in [0.2, 0.25) is 5.39 Å². The Morgan fingerprint density at radius 3 is 2.36 bits per heavy atom. The number of rotatable bonds is 3. The summed E-state index contributed by atoms with van der Waals surface area (Å²) in [7, 11) is 0. The predicted molar refractivity (Wildman–Crippen MR) is 40.3 cm³/mol. The van der Waals surface area contributed by atoms with Crippen LogP contribution >= 0.6 is 0 Å². The number of aliphatic hydroxyl groups excluding tert-OH is 1. The Balaban J connectivity index is 3.99. The molecule has 0 aromatic rings. The van der Waals surface area contributed by atoms with Gasteiger partial charge in [-0.1, -0.05) is 0 Å². The molecule has 0 saturated heterocycles. The summed E-state index contributed by atoms with van der Waals surface area (Å²) >= 11 is 0. The first-order valence-electron chi connectivity index (χ1n) is 3.31. The first kappa shape index (κ1) is 9.63. The SMILES string of the molecule is CC(=O)CC/C(O)=C(/C)[N+]#N. The fourth-order valence-corrected chi connectivity index (χ4v) is 0.533. The molecule has 0 aliphatic rings. The van der Waals surface area contributed by atoms with Gasteiger partial charge in [-0.05, 0) is 6.92 Å². The van der Waals surface area contributed by atoms with E-state index in [-0.39, 0.29) is 30.1 Å². The van der Waals surface area contributed by atoms with E-state index in [2.05, 4.69) is 4.98 Å². The second-order valence-electron chi connectivity index (χ2n) is 2.33. The molecule has 0 spiro atoms. The Bertz CT molecular complexity index is 225. The minimum Gasteiger partial charge on any atom is -0.505 e. The average molecular weight is 155 g/mol. The molecule has 0 heterocycles. The van der Waals surface area contributed by atoms with Crippen molar-refractivity contribution in [2.75, 3.05) is 0 Å². The molecule has 0 amide bonds. The highest BCUT2D eigenvalue weighted by molar-refractivity contribution is 5.75. The standard InChI is InChI=1S/C7H10N2O2/c1-5(10)3-4-7(11)6(2)9-8/h3-4H2,1-2H3/p+1/b7-6+. The van der Waals surface area contributed by atoms with Gasteiger partial charge in [0.05, 0.1) is 0 Å². The first-order chi connectivity index (χ1) is 5.07. The highest BCUT2D eigenvalue weighted by Gasteiger charge is 2.10. The van der Waals surface area contributed by atoms with Crippen LogP contribution in [-0.4, -0.2) is 10.9 Å². The number of hydrogen-bond acceptors (Lipinski definition) is 3. The van der Waals surface area contributed by atoms with Gasteiger partial charge in [-0.2, -0.15) is 0 Å². The van der Waals surface area contributed by atoms with E-state index in [1.54, 1.807) is 0 Å². The molecule has 0 aromatic heterocycles. The van der Waals surface area contributed by atoms with Crippen LogP contribution in [0.2, 0.25) is 0 Å². The van der Waals surface area contributed by atoms with Crippen LogP contribution in [0.5, 0.6) is 0 Å². The molecule has 0 atom stereocenters. The molecule has 0 radical (unpaired) electrons. The van der Waals surface area contributed by atoms with Gasteiger partial charge in [-0.25, -0.2) is 0 Å². The molecule has 0 unspecified atom stereocenters. The summed E-state index contributed by atoms with van der Waals surface area (Å²) in [5.41, 5.74) is 0.159. The highest BCUT2D eigenvalue weighted by Crippen LogP contribution is 2.08. The molecule has 0 bridgehead atoms. The van der Waals surface area contributed by atoms with Gasteiger partial charge >= 0.3 is 5.70 Å². The number of Topliss-reactive ketones (excluding diaryl/α,β-unsaturated/α-hetero) is 1. The zero-order valence-electron chi connectivity index (χ0n) is 6.66. The van der Waals surface area contributed by atoms with Crippen LogP contribution in [0.25, 0.3) is 4.98 Å². The molecule has 0 aliphatic carbocycles. The van der Waals surface area contributed by atoms with E-state index >= 15 is 0 Å². The van der Waals surface area contributed by atoms with Crippen LogP contribution in [0.15, 0.2) is 11.5 Å². The van der Waals surface area contributed by atoms with Gasteiger partial charge in [0.15, 0.2) is 10.7 Å². The van der Waals surface area contributed by atoms with E-state index in [1.165, 1.54) is 13.8 Å². The minimum absolute atomic E-state index is 0.00212. The van der Waals surface area contributed by atoms with Crippen molar-refractivity contribution in [1.82, 2.24) is 0 Å². The Labute approximate surface area is 65.2 Å². The molecule has 4 nitrogen and oxygen atoms in total. The molecular formula is C7H11N2O2+. The molecule has 0 aromatic carbocycles. The molecule has 11 heavy (non-hydrogen) atoms. The van der Waals surface area contributed by atoms with Gasteiger partial charge in [-0.15, -0.1) is 0 Å². The molecule has 0 rings (SSSR count). The van der Waals surface area contributed by atoms with Crippen molar-refractivity contribution in [1.29, 1.82) is 5.39 Å². The summed E-state index contributed by atoms with van der Waals surface area (Å²) < 4.78 is 0. The van der Waals surface area contributed by atoms with Crippen LogP contribution in [0.3, 0.4) is 0 Å². The third-order valence-corrected chi connectivity index (χ3v) is 1.28. The fraction of sp³-hybridized carbons (Fsp3) is 0.571. The van der Waals surface area contributed by atoms with E-state index in [9.17, 15) is 4.79 Å². The molecule has 0 fully saturated rings. The quantitative estimate of drug-likeness (QED) is 0.500. The van der Waals surface area contributed by atoms with E-state index in [1.807, 2.05) is 0 Å². The maximum Gasteiger partial charge on any atom is 0.395 e. The zero-order valence-corrected chi connectivity index (χ0v) is 6.66. The van der Waals surface area contributed by atoms with E-state index < -0.39 is 0 Å². The van der Waals surface area contributed by atoms with Gasteiger partial charge in [0.25, 0.3) is 0 Å². The van der Waals surface area contributed by atoms with Gasteiger partial charge in [-0.3, -0.25) is 0 Å². The number of ketones is 1. The fourth-order valence-electron chi connectivity index (χ4n) is 0.533. The van der Waals surface area contributed by atoms with E-state index in [0.717, 1.165) is 0 Å². The normalized spacial score (nSPS) is 11.7. The molecule has 0 aliphatic heterocycles. The summed E-state index contributed by atoms with van der Waals surface area (Å²) in [6.45, 7) is 2.91. The number of hydrogen-bond donors (Lipinski definition) is 1. The van der Waals surface area contributed by atoms with Crippen molar-refractivity contribution in [2.24, 2.45) is 0 Å². The van der Waals surface area contributed by atoms with Crippen LogP contribution in [0.4, 0.5) is 0 Å². The monoisotopic (exact) mass is 155 g/mol. The number of aliphatic hydroxyl groups is 1. The van der Waals surface area contributed by atoms with Crippen LogP contribution in [0.1, 0.15) is 26.7 Å². The van der Waals surface area contributed by atoms with Crippen molar-refractivity contribution in [3.05, 3.63) is 16.4 Å². The smallest absolute Gasteiger partial charge is 0.395 e. The Hall–Kier alpha value is -1.37. The van der Waals surface area contributed by atoms with E-state index in [4.69, 9.17) is 10.5 Å². The lowest BCUT2D eigenvalue weighted by Crippen LogP contribution is -1.92. The molecule has 1 N–H and O–H groups in total. The van der Waals surface area contributed by atoms with Crippen molar-refractivity contribution in [2.45, 2.75) is 26.7 Å². The number of carbonyl (C=O) groups excluding carboxylic acids is 1. The Morgan fingerprint density at radius 2 is 2.00 bits per heavy atom. The summed E-state index contributed by atoms with van der Waals surface area (Å²) in [4.78, 5) is 13.2. The summed E-state index contributed by atoms with van der Waals surface area (Å²) in [5.74, 6) is -0.0370. The van der Waals surface area contributed by atoms with Crippen molar-refractivity contribution in [3.8, 4) is 0 Å². The molecule has 60 valence electrons. The number of carbonyl (C=O) groups is 1. The Morgan fingerprint density at radius 1 is 1.45 bits per heavy atom. The summed E-state index contributed by atoms with van der Waals surface area (Å²) in [6, 6.07) is 0. The van der Waals surface area contributed by atoms with E-state index in [0.29, 0.717) is 0 Å². The Kier molecular flexibility index (Phi) is 3.89. The lowest BCUT2D eigenvalue weighted by molar-refractivity contribution is -0.117. The number of diazo groups is 1. The predicted octanol–water partition coefficient (Wildman–Crippen LogP) is 2.00. The number of allylic oxidation sites excluding steroid dienone is 2. The first-order valence-corrected chi connectivity index (χ1v) is 3.31. The second kappa shape index (κ2) is 4.45. The van der Waals surface area contributed by atoms with Crippen LogP contribution in [-0.2, 0) is 4.79 Å². The summed E-state index contributed by atoms with van der Waals surface area (Å²) in [5, 5.41) is 17.2. The average Bonchev–Trinajstić information content (AvgIpc) is 1.98. The maximum atomic E-state index is 10.4. The second-order valence-corrected chi connectivity index (χ2v) is 2.33. The van der Waals surface area contributed by atoms with Gasteiger partial charge in [0, 0.05) is 19.8 Å². The van der Waals surface area contributed by atoms with Crippen molar-refractivity contribution in [3.63, 3.8) is 0 Å². The van der Waals surface area contributed by atoms with Crippen LogP contribution < -0.4 is 0 Å². The van der Waals surface area contributed by atoms with Gasteiger partial charge in [0.1, 0.15) is 5.78 Å². The van der Waals surface area contributed by atoms with Crippen LogP contribution in [0, 0.1) is 5.39 Å². The zero-order chi connectivity index (χ0) is 8.85.